The third kappa shape index (κ3) is 4.56. The van der Waals surface area contributed by atoms with Crippen molar-refractivity contribution >= 4 is 15.8 Å². The van der Waals surface area contributed by atoms with Crippen LogP contribution in [0.5, 0.6) is 5.75 Å². The van der Waals surface area contributed by atoms with Gasteiger partial charge < -0.3 is 9.64 Å². The second kappa shape index (κ2) is 8.71. The lowest BCUT2D eigenvalue weighted by Crippen LogP contribution is -2.35. The van der Waals surface area contributed by atoms with Gasteiger partial charge in [-0.25, -0.2) is 13.4 Å². The predicted octanol–water partition coefficient (Wildman–Crippen LogP) is 3.33. The van der Waals surface area contributed by atoms with Crippen molar-refractivity contribution in [3.05, 3.63) is 48.2 Å². The molecule has 0 spiro atoms. The molecule has 0 N–H and O–H groups in total. The molecule has 4 rings (SSSR count). The van der Waals surface area contributed by atoms with E-state index in [0.717, 1.165) is 56.8 Å². The summed E-state index contributed by atoms with van der Waals surface area (Å²) in [7, 11) is -1.69. The molecular weight excluding hydrogens is 386 g/mol. The molecular formula is C22H29N3O3S. The zero-order valence-corrected chi connectivity index (χ0v) is 17.8. The van der Waals surface area contributed by atoms with Crippen LogP contribution in [0, 0.1) is 5.92 Å². The lowest BCUT2D eigenvalue weighted by atomic mass is 9.90. The van der Waals surface area contributed by atoms with E-state index in [1.165, 1.54) is 11.8 Å². The maximum Gasteiger partial charge on any atom is 0.244 e. The van der Waals surface area contributed by atoms with Crippen LogP contribution in [0.25, 0.3) is 0 Å². The average Bonchev–Trinajstić information content (AvgIpc) is 3.30. The van der Waals surface area contributed by atoms with Crippen LogP contribution in [0.3, 0.4) is 0 Å². The Bertz CT molecular complexity index is 917. The molecule has 0 bridgehead atoms. The topological polar surface area (TPSA) is 62.7 Å². The number of methoxy groups -OCH3 is 1. The second-order valence-electron chi connectivity index (χ2n) is 7.95. The summed E-state index contributed by atoms with van der Waals surface area (Å²) in [5.74, 6) is 2.42. The van der Waals surface area contributed by atoms with E-state index in [0.29, 0.717) is 23.9 Å². The van der Waals surface area contributed by atoms with E-state index < -0.39 is 10.0 Å². The van der Waals surface area contributed by atoms with Gasteiger partial charge in [0.25, 0.3) is 0 Å². The number of pyridine rings is 1. The molecule has 29 heavy (non-hydrogen) atoms. The number of aromatic nitrogens is 1. The van der Waals surface area contributed by atoms with Crippen LogP contribution in [0.1, 0.15) is 31.2 Å². The molecule has 2 fully saturated rings. The monoisotopic (exact) mass is 415 g/mol. The van der Waals surface area contributed by atoms with Crippen LogP contribution in [0.15, 0.2) is 47.5 Å². The highest BCUT2D eigenvalue weighted by Crippen LogP contribution is 2.27. The van der Waals surface area contributed by atoms with Crippen molar-refractivity contribution in [3.63, 3.8) is 0 Å². The Morgan fingerprint density at radius 3 is 2.48 bits per heavy atom. The zero-order chi connectivity index (χ0) is 20.3. The molecule has 7 heteroatoms. The minimum absolute atomic E-state index is 0.302. The van der Waals surface area contributed by atoms with Crippen molar-refractivity contribution in [2.75, 3.05) is 38.2 Å². The molecule has 0 atom stereocenters. The third-order valence-electron chi connectivity index (χ3n) is 6.02. The average molecular weight is 416 g/mol. The maximum absolute atomic E-state index is 12.6. The first-order valence-electron chi connectivity index (χ1n) is 10.4. The Labute approximate surface area is 173 Å². The SMILES string of the molecule is COc1cccc(CC2CCN(c3ccc(S(=O)(=O)N4CCCC4)cn3)CC2)c1. The van der Waals surface area contributed by atoms with Crippen molar-refractivity contribution in [1.82, 2.24) is 9.29 Å². The molecule has 156 valence electrons. The minimum atomic E-state index is -3.39. The van der Waals surface area contributed by atoms with E-state index in [4.69, 9.17) is 4.74 Å². The smallest absolute Gasteiger partial charge is 0.244 e. The lowest BCUT2D eigenvalue weighted by Gasteiger charge is -2.33. The van der Waals surface area contributed by atoms with Crippen molar-refractivity contribution in [2.24, 2.45) is 5.92 Å². The number of hydrogen-bond acceptors (Lipinski definition) is 5. The van der Waals surface area contributed by atoms with E-state index in [-0.39, 0.29) is 0 Å². The van der Waals surface area contributed by atoms with Crippen LogP contribution in [0.4, 0.5) is 5.82 Å². The molecule has 0 aliphatic carbocycles. The van der Waals surface area contributed by atoms with Gasteiger partial charge in [0.1, 0.15) is 16.5 Å². The van der Waals surface area contributed by atoms with Gasteiger partial charge in [-0.1, -0.05) is 12.1 Å². The van der Waals surface area contributed by atoms with E-state index in [1.807, 2.05) is 18.2 Å². The zero-order valence-electron chi connectivity index (χ0n) is 17.0. The molecule has 2 aromatic rings. The second-order valence-corrected chi connectivity index (χ2v) is 9.89. The third-order valence-corrected chi connectivity index (χ3v) is 7.90. The van der Waals surface area contributed by atoms with Crippen molar-refractivity contribution in [3.8, 4) is 5.75 Å². The normalized spacial score (nSPS) is 18.9. The number of benzene rings is 1. The quantitative estimate of drug-likeness (QED) is 0.724. The van der Waals surface area contributed by atoms with Gasteiger partial charge in [-0.15, -0.1) is 0 Å². The summed E-state index contributed by atoms with van der Waals surface area (Å²) in [6.45, 7) is 3.12. The van der Waals surface area contributed by atoms with Crippen LogP contribution < -0.4 is 9.64 Å². The molecule has 1 aromatic carbocycles. The fourth-order valence-electron chi connectivity index (χ4n) is 4.29. The Morgan fingerprint density at radius 2 is 1.83 bits per heavy atom. The summed E-state index contributed by atoms with van der Waals surface area (Å²) in [4.78, 5) is 7.04. The van der Waals surface area contributed by atoms with Gasteiger partial charge in [0.05, 0.1) is 7.11 Å². The van der Waals surface area contributed by atoms with Gasteiger partial charge in [0.15, 0.2) is 0 Å². The molecule has 6 nitrogen and oxygen atoms in total. The molecule has 0 unspecified atom stereocenters. The van der Waals surface area contributed by atoms with Gasteiger partial charge in [-0.2, -0.15) is 4.31 Å². The molecule has 0 radical (unpaired) electrons. The molecule has 2 aliphatic heterocycles. The number of ether oxygens (including phenoxy) is 1. The first-order valence-corrected chi connectivity index (χ1v) is 11.8. The number of rotatable bonds is 6. The molecule has 0 amide bonds. The van der Waals surface area contributed by atoms with E-state index >= 15 is 0 Å². The van der Waals surface area contributed by atoms with Crippen LogP contribution in [-0.4, -0.2) is 51.0 Å². The van der Waals surface area contributed by atoms with Gasteiger partial charge in [-0.05, 0) is 67.9 Å². The highest BCUT2D eigenvalue weighted by Gasteiger charge is 2.28. The van der Waals surface area contributed by atoms with Crippen molar-refractivity contribution in [1.29, 1.82) is 0 Å². The van der Waals surface area contributed by atoms with Gasteiger partial charge in [0, 0.05) is 32.4 Å². The summed E-state index contributed by atoms with van der Waals surface area (Å²) < 4.78 is 32.2. The highest BCUT2D eigenvalue weighted by atomic mass is 32.2. The Kier molecular flexibility index (Phi) is 6.06. The van der Waals surface area contributed by atoms with Crippen LogP contribution in [0.2, 0.25) is 0 Å². The lowest BCUT2D eigenvalue weighted by molar-refractivity contribution is 0.397. The Balaban J connectivity index is 1.35. The first kappa shape index (κ1) is 20.2. The maximum atomic E-state index is 12.6. The van der Waals surface area contributed by atoms with Gasteiger partial charge >= 0.3 is 0 Å². The van der Waals surface area contributed by atoms with Gasteiger partial charge in [0.2, 0.25) is 10.0 Å². The van der Waals surface area contributed by atoms with Crippen LogP contribution in [-0.2, 0) is 16.4 Å². The summed E-state index contributed by atoms with van der Waals surface area (Å²) in [6.07, 6.45) is 6.67. The van der Waals surface area contributed by atoms with Gasteiger partial charge in [-0.3, -0.25) is 0 Å². The molecule has 0 saturated carbocycles. The number of hydrogen-bond donors (Lipinski definition) is 0. The summed E-state index contributed by atoms with van der Waals surface area (Å²) in [5.41, 5.74) is 1.32. The first-order chi connectivity index (χ1) is 14.1. The van der Waals surface area contributed by atoms with E-state index in [9.17, 15) is 8.42 Å². The predicted molar refractivity (Wildman–Crippen MR) is 114 cm³/mol. The van der Waals surface area contributed by atoms with E-state index in [1.54, 1.807) is 17.5 Å². The fraction of sp³-hybridized carbons (Fsp3) is 0.500. The summed E-state index contributed by atoms with van der Waals surface area (Å²) in [6, 6.07) is 11.9. The minimum Gasteiger partial charge on any atom is -0.497 e. The standard InChI is InChI=1S/C22H29N3O3S/c1-28-20-6-4-5-19(16-20)15-18-9-13-24(14-10-18)22-8-7-21(17-23-22)29(26,27)25-11-2-3-12-25/h4-8,16-18H,2-3,9-15H2,1H3. The number of sulfonamides is 1. The van der Waals surface area contributed by atoms with E-state index in [2.05, 4.69) is 22.0 Å². The van der Waals surface area contributed by atoms with Crippen molar-refractivity contribution in [2.45, 2.75) is 37.0 Å². The van der Waals surface area contributed by atoms with Crippen molar-refractivity contribution < 1.29 is 13.2 Å². The molecule has 1 aromatic heterocycles. The van der Waals surface area contributed by atoms with Crippen LogP contribution >= 0.6 is 0 Å². The molecule has 2 aliphatic rings. The highest BCUT2D eigenvalue weighted by molar-refractivity contribution is 7.89. The summed E-state index contributed by atoms with van der Waals surface area (Å²) >= 11 is 0. The molecule has 2 saturated heterocycles. The summed E-state index contributed by atoms with van der Waals surface area (Å²) in [5, 5.41) is 0. The fourth-order valence-corrected chi connectivity index (χ4v) is 5.75. The number of anilines is 1. The number of piperidine rings is 1. The Morgan fingerprint density at radius 1 is 1.07 bits per heavy atom. The number of nitrogens with zero attached hydrogens (tertiary/aromatic N) is 3. The Hall–Kier alpha value is -2.12. The molecule has 3 heterocycles. The largest absolute Gasteiger partial charge is 0.497 e.